The Bertz CT molecular complexity index is 4450. The van der Waals surface area contributed by atoms with Gasteiger partial charge < -0.3 is 14.1 Å². The maximum atomic E-state index is 7.24. The largest absolute Gasteiger partial charge is 0.456 e. The van der Waals surface area contributed by atoms with Gasteiger partial charge >= 0.3 is 0 Å². The van der Waals surface area contributed by atoms with E-state index in [0.29, 0.717) is 0 Å². The van der Waals surface area contributed by atoms with Gasteiger partial charge in [-0.05, 0) is 132 Å². The zero-order valence-electron chi connectivity index (χ0n) is 41.4. The molecule has 2 heterocycles. The molecule has 0 bridgehead atoms. The van der Waals surface area contributed by atoms with Crippen molar-refractivity contribution in [3.05, 3.63) is 282 Å². The van der Waals surface area contributed by atoms with Crippen LogP contribution in [0.1, 0.15) is 47.2 Å². The Morgan fingerprint density at radius 3 is 1.56 bits per heavy atom. The van der Waals surface area contributed by atoms with Crippen molar-refractivity contribution in [2.75, 3.05) is 4.90 Å². The molecule has 0 unspecified atom stereocenters. The van der Waals surface area contributed by atoms with Crippen LogP contribution in [0.5, 0.6) is 11.5 Å². The van der Waals surface area contributed by atoms with E-state index in [9.17, 15) is 0 Å². The lowest BCUT2D eigenvalue weighted by Crippen LogP contribution is -2.32. The molecule has 1 aliphatic heterocycles. The van der Waals surface area contributed by atoms with E-state index in [2.05, 4.69) is 255 Å². The molecule has 0 amide bonds. The first-order valence-electron chi connectivity index (χ1n) is 26.1. The first kappa shape index (κ1) is 42.1. The Kier molecular flexibility index (Phi) is 8.72. The van der Waals surface area contributed by atoms with Crippen molar-refractivity contribution in [3.63, 3.8) is 0 Å². The zero-order chi connectivity index (χ0) is 49.6. The molecule has 16 rings (SSSR count). The van der Waals surface area contributed by atoms with E-state index in [0.717, 1.165) is 88.7 Å². The molecule has 2 aliphatic carbocycles. The molecule has 75 heavy (non-hydrogen) atoms. The molecule has 0 radical (unpaired) electrons. The minimum Gasteiger partial charge on any atom is -0.456 e. The van der Waals surface area contributed by atoms with E-state index >= 15 is 0 Å². The first-order valence-corrected chi connectivity index (χ1v) is 26.1. The van der Waals surface area contributed by atoms with Crippen LogP contribution < -0.4 is 9.64 Å². The fourth-order valence-corrected chi connectivity index (χ4v) is 13.5. The molecule has 3 nitrogen and oxygen atoms in total. The third-order valence-electron chi connectivity index (χ3n) is 16.9. The van der Waals surface area contributed by atoms with Gasteiger partial charge in [-0.1, -0.05) is 208 Å². The molecular formula is C72H47NO2. The van der Waals surface area contributed by atoms with Crippen molar-refractivity contribution in [3.8, 4) is 56.0 Å². The van der Waals surface area contributed by atoms with Crippen LogP contribution in [0.15, 0.2) is 253 Å². The molecule has 0 fully saturated rings. The average Bonchev–Trinajstić information content (AvgIpc) is 4.26. The number of hydrogen-bond donors (Lipinski definition) is 0. The van der Waals surface area contributed by atoms with Crippen molar-refractivity contribution in [1.82, 2.24) is 0 Å². The standard InChI is InChI=1S/C72H47NO2/c1-71(2)60-22-10-7-18-55(60)59-43-51(37-41-61(59)71)73(49-33-26-44(27-34-49)48-30-38-57-56-19-9-12-25-66(56)74-67(57)42-48)50-35-28-47(29-36-50)52-21-13-24-63-68(52)58-20-8-11-23-62(58)72(63)64-39-31-45-14-3-5-16-53(45)69(64)75-70-54-17-6-4-15-46(54)32-40-65(70)72/h3-43H,1-2H3. The normalized spacial score (nSPS) is 14.1. The summed E-state index contributed by atoms with van der Waals surface area (Å²) in [6, 6.07) is 91.5. The maximum Gasteiger partial charge on any atom is 0.140 e. The second kappa shape index (κ2) is 15.5. The van der Waals surface area contributed by atoms with Gasteiger partial charge in [-0.2, -0.15) is 0 Å². The third-order valence-corrected chi connectivity index (χ3v) is 16.9. The summed E-state index contributed by atoms with van der Waals surface area (Å²) >= 11 is 0. The van der Waals surface area contributed by atoms with E-state index in [4.69, 9.17) is 9.15 Å². The van der Waals surface area contributed by atoms with Crippen molar-refractivity contribution in [1.29, 1.82) is 0 Å². The number of benzene rings is 12. The third kappa shape index (κ3) is 5.87. The first-order chi connectivity index (χ1) is 36.9. The molecule has 1 aromatic heterocycles. The summed E-state index contributed by atoms with van der Waals surface area (Å²) in [5.74, 6) is 1.85. The summed E-state index contributed by atoms with van der Waals surface area (Å²) in [5.41, 5.74) is 21.7. The quantitative estimate of drug-likeness (QED) is 0.172. The predicted molar refractivity (Wildman–Crippen MR) is 309 cm³/mol. The topological polar surface area (TPSA) is 25.6 Å². The number of nitrogens with zero attached hydrogens (tertiary/aromatic N) is 1. The van der Waals surface area contributed by atoms with E-state index in [-0.39, 0.29) is 5.41 Å². The lowest BCUT2D eigenvalue weighted by atomic mass is 9.65. The summed E-state index contributed by atoms with van der Waals surface area (Å²) < 4.78 is 13.6. The Balaban J connectivity index is 0.853. The van der Waals surface area contributed by atoms with Gasteiger partial charge in [-0.15, -0.1) is 0 Å². The Morgan fingerprint density at radius 1 is 0.320 bits per heavy atom. The Morgan fingerprint density at radius 2 is 0.840 bits per heavy atom. The van der Waals surface area contributed by atoms with Crippen LogP contribution in [0, 0.1) is 0 Å². The van der Waals surface area contributed by atoms with Crippen LogP contribution >= 0.6 is 0 Å². The van der Waals surface area contributed by atoms with E-state index in [1.165, 1.54) is 61.2 Å². The fourth-order valence-electron chi connectivity index (χ4n) is 13.5. The van der Waals surface area contributed by atoms with E-state index in [1.54, 1.807) is 0 Å². The molecule has 0 atom stereocenters. The number of para-hydroxylation sites is 1. The minimum atomic E-state index is -0.625. The van der Waals surface area contributed by atoms with Crippen LogP contribution in [0.4, 0.5) is 17.1 Å². The molecule has 1 spiro atoms. The second-order valence-corrected chi connectivity index (χ2v) is 21.1. The number of furan rings is 1. The zero-order valence-corrected chi connectivity index (χ0v) is 41.4. The van der Waals surface area contributed by atoms with Gasteiger partial charge in [0.15, 0.2) is 0 Å². The van der Waals surface area contributed by atoms with Crippen molar-refractivity contribution >= 4 is 60.5 Å². The van der Waals surface area contributed by atoms with Gasteiger partial charge in [-0.25, -0.2) is 0 Å². The van der Waals surface area contributed by atoms with Gasteiger partial charge in [0.25, 0.3) is 0 Å². The van der Waals surface area contributed by atoms with Gasteiger partial charge in [0.1, 0.15) is 22.7 Å². The highest BCUT2D eigenvalue weighted by Crippen LogP contribution is 2.65. The lowest BCUT2D eigenvalue weighted by Gasteiger charge is -2.40. The molecule has 0 N–H and O–H groups in total. The summed E-state index contributed by atoms with van der Waals surface area (Å²) in [7, 11) is 0. The average molecular weight is 958 g/mol. The molecule has 352 valence electrons. The summed E-state index contributed by atoms with van der Waals surface area (Å²) in [6.07, 6.45) is 0. The highest BCUT2D eigenvalue weighted by molar-refractivity contribution is 6.06. The highest BCUT2D eigenvalue weighted by atomic mass is 16.5. The number of hydrogen-bond acceptors (Lipinski definition) is 3. The SMILES string of the molecule is CC1(C)c2ccccc2-c2cc(N(c3ccc(-c4ccc5c(c4)oc4ccccc45)cc3)c3ccc(-c4cccc5c4-c4ccccc4C54c5ccc6ccccc6c5Oc5c4ccc4ccccc54)cc3)ccc21. The number of rotatable bonds is 5. The van der Waals surface area contributed by atoms with Gasteiger partial charge in [0.2, 0.25) is 0 Å². The summed E-state index contributed by atoms with van der Waals surface area (Å²) in [6.45, 7) is 4.69. The van der Waals surface area contributed by atoms with Crippen LogP contribution in [0.2, 0.25) is 0 Å². The number of anilines is 3. The fraction of sp³-hybridized carbons (Fsp3) is 0.0556. The van der Waals surface area contributed by atoms with Gasteiger partial charge in [-0.3, -0.25) is 0 Å². The van der Waals surface area contributed by atoms with Crippen molar-refractivity contribution in [2.24, 2.45) is 0 Å². The summed E-state index contributed by atoms with van der Waals surface area (Å²) in [5, 5.41) is 6.83. The monoisotopic (exact) mass is 957 g/mol. The lowest BCUT2D eigenvalue weighted by molar-refractivity contribution is 0.447. The molecule has 0 saturated carbocycles. The molecule has 3 heteroatoms. The predicted octanol–water partition coefficient (Wildman–Crippen LogP) is 19.5. The molecule has 3 aliphatic rings. The molecule has 12 aromatic carbocycles. The van der Waals surface area contributed by atoms with Crippen LogP contribution in [0.3, 0.4) is 0 Å². The summed E-state index contributed by atoms with van der Waals surface area (Å²) in [4.78, 5) is 2.41. The minimum absolute atomic E-state index is 0.0942. The Hall–Kier alpha value is -9.44. The van der Waals surface area contributed by atoms with Crippen LogP contribution in [-0.4, -0.2) is 0 Å². The number of ether oxygens (including phenoxy) is 1. The number of fused-ring (bicyclic) bond motifs is 19. The van der Waals surface area contributed by atoms with Gasteiger partial charge in [0, 0.05) is 55.1 Å². The molecule has 0 saturated heterocycles. The Labute approximate surface area is 435 Å². The highest BCUT2D eigenvalue weighted by Gasteiger charge is 2.52. The van der Waals surface area contributed by atoms with Gasteiger partial charge in [0.05, 0.1) is 5.41 Å². The van der Waals surface area contributed by atoms with Crippen LogP contribution in [0.25, 0.3) is 88.0 Å². The van der Waals surface area contributed by atoms with Crippen LogP contribution in [-0.2, 0) is 10.8 Å². The molecule has 13 aromatic rings. The van der Waals surface area contributed by atoms with Crippen molar-refractivity contribution < 1.29 is 9.15 Å². The van der Waals surface area contributed by atoms with E-state index < -0.39 is 5.41 Å². The smallest absolute Gasteiger partial charge is 0.140 e. The second-order valence-electron chi connectivity index (χ2n) is 21.1. The maximum absolute atomic E-state index is 7.24. The molecular weight excluding hydrogens is 911 g/mol. The van der Waals surface area contributed by atoms with Crippen molar-refractivity contribution in [2.45, 2.75) is 24.7 Å². The van der Waals surface area contributed by atoms with E-state index in [1.807, 2.05) is 12.1 Å².